The normalized spacial score (nSPS) is 17.7. The number of hydrogen-bond acceptors (Lipinski definition) is 0. The maximum Gasteiger partial charge on any atom is -1.00 e. The number of halogens is 2. The third-order valence-corrected chi connectivity index (χ3v) is 25.3. The van der Waals surface area contributed by atoms with Gasteiger partial charge in [0.25, 0.3) is 0 Å². The van der Waals surface area contributed by atoms with Gasteiger partial charge in [0.15, 0.2) is 0 Å². The van der Waals surface area contributed by atoms with E-state index in [-0.39, 0.29) is 24.8 Å². The average Bonchev–Trinajstić information content (AvgIpc) is 3.39. The Hall–Kier alpha value is -0.313. The summed E-state index contributed by atoms with van der Waals surface area (Å²) in [4.78, 5) is 0. The van der Waals surface area contributed by atoms with Gasteiger partial charge in [0.05, 0.1) is 0 Å². The van der Waals surface area contributed by atoms with Crippen molar-refractivity contribution in [1.29, 1.82) is 0 Å². The number of benzene rings is 2. The fourth-order valence-corrected chi connectivity index (χ4v) is 24.6. The zero-order valence-electron chi connectivity index (χ0n) is 24.9. The van der Waals surface area contributed by atoms with Gasteiger partial charge < -0.3 is 24.8 Å². The van der Waals surface area contributed by atoms with E-state index in [9.17, 15) is 0 Å². The van der Waals surface area contributed by atoms with E-state index in [0.717, 1.165) is 7.25 Å². The number of allylic oxidation sites excluding steroid dienone is 2. The first-order valence-corrected chi connectivity index (χ1v) is 23.3. The molecule has 38 heavy (non-hydrogen) atoms. The summed E-state index contributed by atoms with van der Waals surface area (Å²) in [6.45, 7) is 19.9. The summed E-state index contributed by atoms with van der Waals surface area (Å²) in [5.41, 5.74) is 10.5. The molecular formula is C33H48Cl2Si2Zr. The minimum Gasteiger partial charge on any atom is -1.00 e. The van der Waals surface area contributed by atoms with Crippen molar-refractivity contribution >= 4 is 31.2 Å². The molecule has 0 spiro atoms. The fraction of sp³-hybridized carbons (Fsp3) is 0.485. The number of hydrogen-bond donors (Lipinski definition) is 0. The molecule has 2 aliphatic carbocycles. The van der Waals surface area contributed by atoms with Gasteiger partial charge in [0.2, 0.25) is 0 Å². The molecule has 0 aromatic heterocycles. The Morgan fingerprint density at radius 2 is 0.947 bits per heavy atom. The maximum atomic E-state index is 2.54. The summed E-state index contributed by atoms with van der Waals surface area (Å²) in [7, 11) is -1.87. The third-order valence-electron chi connectivity index (χ3n) is 9.26. The van der Waals surface area contributed by atoms with Crippen LogP contribution in [0.4, 0.5) is 0 Å². The van der Waals surface area contributed by atoms with Crippen molar-refractivity contribution in [3.63, 3.8) is 0 Å². The Balaban J connectivity index is 0.00000253. The summed E-state index contributed by atoms with van der Waals surface area (Å²) in [6.07, 6.45) is 2.48. The minimum atomic E-state index is -2.20. The molecule has 0 nitrogen and oxygen atoms in total. The second kappa shape index (κ2) is 15.1. The largest absolute Gasteiger partial charge is 1.00 e. The molecule has 0 saturated heterocycles. The summed E-state index contributed by atoms with van der Waals surface area (Å²) in [5.74, 6) is 0. The number of fused-ring (bicyclic) bond motifs is 2. The second-order valence-electron chi connectivity index (χ2n) is 11.1. The molecule has 0 fully saturated rings. The van der Waals surface area contributed by atoms with Crippen LogP contribution in [-0.4, -0.2) is 20.8 Å². The molecule has 2 aromatic rings. The molecule has 0 aliphatic heterocycles. The first kappa shape index (κ1) is 33.9. The van der Waals surface area contributed by atoms with Gasteiger partial charge in [0.1, 0.15) is 0 Å². The predicted molar refractivity (Wildman–Crippen MR) is 165 cm³/mol. The van der Waals surface area contributed by atoms with E-state index in [0.29, 0.717) is 0 Å². The quantitative estimate of drug-likeness (QED) is 0.343. The molecule has 2 atom stereocenters. The first-order chi connectivity index (χ1) is 17.5. The summed E-state index contributed by atoms with van der Waals surface area (Å²) in [6, 6.07) is 24.9. The van der Waals surface area contributed by atoms with Crippen molar-refractivity contribution in [3.8, 4) is 0 Å². The molecule has 2 aliphatic rings. The third kappa shape index (κ3) is 5.85. The van der Waals surface area contributed by atoms with Crippen LogP contribution in [0.25, 0.3) is 10.4 Å². The maximum absolute atomic E-state index is 2.54. The van der Waals surface area contributed by atoms with Gasteiger partial charge in [-0.25, -0.2) is 0 Å². The van der Waals surface area contributed by atoms with Crippen LogP contribution in [0.1, 0.15) is 97.7 Å². The minimum absolute atomic E-state index is 0. The van der Waals surface area contributed by atoms with Crippen LogP contribution in [0.5, 0.6) is 0 Å². The van der Waals surface area contributed by atoms with Crippen molar-refractivity contribution in [2.24, 2.45) is 0 Å². The zero-order valence-corrected chi connectivity index (χ0v) is 31.2. The van der Waals surface area contributed by atoms with E-state index in [1.165, 1.54) is 37.0 Å². The summed E-state index contributed by atoms with van der Waals surface area (Å²) < 4.78 is 3.27. The van der Waals surface area contributed by atoms with Crippen LogP contribution in [0, 0.1) is 0 Å². The molecule has 4 rings (SSSR count). The molecule has 2 unspecified atom stereocenters. The molecular weight excluding hydrogens is 615 g/mol. The molecule has 0 N–H and O–H groups in total. The molecule has 0 saturated carbocycles. The number of rotatable bonds is 10. The van der Waals surface area contributed by atoms with Crippen LogP contribution in [0.15, 0.2) is 59.7 Å². The summed E-state index contributed by atoms with van der Waals surface area (Å²) >= 11 is -2.20. The van der Waals surface area contributed by atoms with E-state index in [4.69, 9.17) is 0 Å². The van der Waals surface area contributed by atoms with E-state index < -0.39 is 38.9 Å². The molecule has 2 aromatic carbocycles. The van der Waals surface area contributed by atoms with Crippen molar-refractivity contribution in [1.82, 2.24) is 0 Å². The average molecular weight is 663 g/mol. The van der Waals surface area contributed by atoms with Crippen molar-refractivity contribution < 1.29 is 46.1 Å². The van der Waals surface area contributed by atoms with Crippen LogP contribution in [-0.2, 0) is 21.3 Å². The standard InChI is InChI=1S/2C15H21Si.C3H6.2ClH.Zr/c2*1-4-12-11-13-9-7-8-10-14(13)15(12)16(5-2)6-3;1-3-2;;;/h2*7-11,16H,4-6H2,1-3H3;1-2H3;2*1H;/q;;;;;+2/p-2. The smallest absolute Gasteiger partial charge is 1.00 e. The van der Waals surface area contributed by atoms with Gasteiger partial charge >= 0.3 is 234 Å². The van der Waals surface area contributed by atoms with E-state index >= 15 is 0 Å². The Labute approximate surface area is 257 Å². The van der Waals surface area contributed by atoms with E-state index in [2.05, 4.69) is 104 Å². The molecule has 5 heteroatoms. The fourth-order valence-electron chi connectivity index (χ4n) is 7.62. The Kier molecular flexibility index (Phi) is 13.4. The SMILES string of the molecule is CCC1=C([SiH](CC)CC)c2ccccc2[CH]1[Zr+2](=[C](C)C)[CH]1C(CC)=C([SiH](CC)CC)c2ccccc21.[Cl-].[Cl-]. The van der Waals surface area contributed by atoms with Crippen LogP contribution >= 0.6 is 0 Å². The van der Waals surface area contributed by atoms with Gasteiger partial charge in [-0.2, -0.15) is 0 Å². The van der Waals surface area contributed by atoms with Crippen molar-refractivity contribution in [2.75, 3.05) is 0 Å². The second-order valence-corrected chi connectivity index (χ2v) is 25.9. The van der Waals surface area contributed by atoms with E-state index in [1.54, 1.807) is 22.3 Å². The monoisotopic (exact) mass is 660 g/mol. The van der Waals surface area contributed by atoms with Crippen molar-refractivity contribution in [2.45, 2.75) is 99.7 Å². The Bertz CT molecular complexity index is 1110. The molecule has 0 heterocycles. The summed E-state index contributed by atoms with van der Waals surface area (Å²) in [5, 5.41) is 3.76. The van der Waals surface area contributed by atoms with Crippen molar-refractivity contribution in [3.05, 3.63) is 81.9 Å². The van der Waals surface area contributed by atoms with Gasteiger partial charge in [0, 0.05) is 0 Å². The molecule has 0 radical (unpaired) electrons. The topological polar surface area (TPSA) is 0 Å². The zero-order chi connectivity index (χ0) is 26.0. The predicted octanol–water partition coefficient (Wildman–Crippen LogP) is 3.27. The Morgan fingerprint density at radius 3 is 1.24 bits per heavy atom. The van der Waals surface area contributed by atoms with Gasteiger partial charge in [-0.05, 0) is 0 Å². The Morgan fingerprint density at radius 1 is 0.605 bits per heavy atom. The van der Waals surface area contributed by atoms with Gasteiger partial charge in [-0.3, -0.25) is 0 Å². The molecule has 0 bridgehead atoms. The van der Waals surface area contributed by atoms with Crippen LogP contribution in [0.2, 0.25) is 24.2 Å². The van der Waals surface area contributed by atoms with Gasteiger partial charge in [-0.15, -0.1) is 0 Å². The van der Waals surface area contributed by atoms with Crippen LogP contribution in [0.3, 0.4) is 0 Å². The molecule has 0 amide bonds. The van der Waals surface area contributed by atoms with E-state index in [1.807, 2.05) is 24.7 Å². The molecule has 206 valence electrons. The van der Waals surface area contributed by atoms with Gasteiger partial charge in [-0.1, -0.05) is 0 Å². The van der Waals surface area contributed by atoms with Crippen LogP contribution < -0.4 is 24.8 Å². The first-order valence-electron chi connectivity index (χ1n) is 14.8.